The summed E-state index contributed by atoms with van der Waals surface area (Å²) in [6.07, 6.45) is 4.91. The summed E-state index contributed by atoms with van der Waals surface area (Å²) in [7, 11) is 3.24. The summed E-state index contributed by atoms with van der Waals surface area (Å²) in [5, 5.41) is 3.32. The van der Waals surface area contributed by atoms with Gasteiger partial charge in [0.2, 0.25) is 0 Å². The zero-order valence-electron chi connectivity index (χ0n) is 13.7. The molecule has 0 saturated carbocycles. The van der Waals surface area contributed by atoms with Crippen LogP contribution in [0.3, 0.4) is 0 Å². The number of rotatable bonds is 4. The van der Waals surface area contributed by atoms with Crippen LogP contribution in [0.1, 0.15) is 18.7 Å². The van der Waals surface area contributed by atoms with Crippen LogP contribution >= 0.6 is 0 Å². The molecule has 0 amide bonds. The quantitative estimate of drug-likeness (QED) is 0.795. The normalized spacial score (nSPS) is 13.6. The third-order valence-corrected chi connectivity index (χ3v) is 4.29. The lowest BCUT2D eigenvalue weighted by molar-refractivity contribution is 0.355. The van der Waals surface area contributed by atoms with Crippen molar-refractivity contribution in [2.45, 2.75) is 25.8 Å². The maximum atomic E-state index is 5.35. The molecule has 3 aromatic rings. The molecule has 0 atom stereocenters. The highest BCUT2D eigenvalue weighted by Gasteiger charge is 2.18. The number of aryl methyl sites for hydroxylation is 2. The van der Waals surface area contributed by atoms with Crippen LogP contribution in [0, 0.1) is 0 Å². The van der Waals surface area contributed by atoms with Crippen molar-refractivity contribution in [2.75, 3.05) is 19.5 Å². The first-order valence-electron chi connectivity index (χ1n) is 7.99. The Labute approximate surface area is 139 Å². The lowest BCUT2D eigenvalue weighted by Crippen LogP contribution is -2.10. The molecule has 0 bridgehead atoms. The first kappa shape index (κ1) is 14.7. The maximum Gasteiger partial charge on any atom is 0.165 e. The highest BCUT2D eigenvalue weighted by atomic mass is 16.5. The molecule has 0 fully saturated rings. The summed E-state index contributed by atoms with van der Waals surface area (Å²) in [5.41, 5.74) is 2.56. The van der Waals surface area contributed by atoms with Crippen LogP contribution in [0.4, 0.5) is 11.5 Å². The van der Waals surface area contributed by atoms with Gasteiger partial charge in [-0.15, -0.1) is 0 Å². The molecule has 4 rings (SSSR count). The molecular formula is C17H19N5O2. The van der Waals surface area contributed by atoms with E-state index < -0.39 is 0 Å². The van der Waals surface area contributed by atoms with Crippen LogP contribution in [-0.2, 0) is 13.0 Å². The zero-order chi connectivity index (χ0) is 16.5. The first-order chi connectivity index (χ1) is 11.8. The van der Waals surface area contributed by atoms with Crippen molar-refractivity contribution in [3.63, 3.8) is 0 Å². The lowest BCUT2D eigenvalue weighted by Gasteiger charge is -2.13. The minimum atomic E-state index is 0.664. The van der Waals surface area contributed by atoms with Gasteiger partial charge in [0.1, 0.15) is 12.2 Å². The van der Waals surface area contributed by atoms with Crippen LogP contribution in [0.2, 0.25) is 0 Å². The van der Waals surface area contributed by atoms with E-state index in [1.807, 2.05) is 18.2 Å². The Morgan fingerprint density at radius 3 is 2.79 bits per heavy atom. The molecule has 1 aromatic carbocycles. The second kappa shape index (κ2) is 5.99. The molecule has 7 nitrogen and oxygen atoms in total. The number of hydrogen-bond donors (Lipinski definition) is 1. The summed E-state index contributed by atoms with van der Waals surface area (Å²) in [6.45, 7) is 0.971. The summed E-state index contributed by atoms with van der Waals surface area (Å²) in [4.78, 5) is 13.5. The molecule has 0 radical (unpaired) electrons. The predicted molar refractivity (Wildman–Crippen MR) is 91.1 cm³/mol. The van der Waals surface area contributed by atoms with Crippen molar-refractivity contribution in [3.8, 4) is 11.5 Å². The van der Waals surface area contributed by atoms with Crippen LogP contribution in [0.5, 0.6) is 11.5 Å². The molecule has 0 spiro atoms. The molecule has 0 unspecified atom stereocenters. The van der Waals surface area contributed by atoms with Crippen LogP contribution in [0.15, 0.2) is 24.5 Å². The third-order valence-electron chi connectivity index (χ3n) is 4.29. The van der Waals surface area contributed by atoms with Gasteiger partial charge in [-0.05, 0) is 25.0 Å². The van der Waals surface area contributed by atoms with Gasteiger partial charge in [-0.2, -0.15) is 0 Å². The van der Waals surface area contributed by atoms with E-state index in [-0.39, 0.29) is 0 Å². The van der Waals surface area contributed by atoms with Crippen molar-refractivity contribution in [1.29, 1.82) is 0 Å². The van der Waals surface area contributed by atoms with Gasteiger partial charge >= 0.3 is 0 Å². The second-order valence-electron chi connectivity index (χ2n) is 5.73. The summed E-state index contributed by atoms with van der Waals surface area (Å²) in [6, 6.07) is 5.66. The van der Waals surface area contributed by atoms with Gasteiger partial charge in [-0.1, -0.05) is 0 Å². The summed E-state index contributed by atoms with van der Waals surface area (Å²) >= 11 is 0. The Morgan fingerprint density at radius 1 is 1.08 bits per heavy atom. The minimum Gasteiger partial charge on any atom is -0.493 e. The van der Waals surface area contributed by atoms with Gasteiger partial charge in [0.15, 0.2) is 28.5 Å². The maximum absolute atomic E-state index is 5.35. The van der Waals surface area contributed by atoms with E-state index in [0.717, 1.165) is 35.6 Å². The number of hydrogen-bond acceptors (Lipinski definition) is 6. The molecular weight excluding hydrogens is 306 g/mol. The number of anilines is 2. The fraction of sp³-hybridized carbons (Fsp3) is 0.353. The number of nitrogens with one attached hydrogen (secondary N) is 1. The fourth-order valence-electron chi connectivity index (χ4n) is 3.10. The van der Waals surface area contributed by atoms with Gasteiger partial charge in [0.25, 0.3) is 0 Å². The van der Waals surface area contributed by atoms with Crippen molar-refractivity contribution in [2.24, 2.45) is 0 Å². The standard InChI is InChI=1S/C17H19N5O2/c1-23-12-7-6-11(9-13(12)24-2)20-16-15-17(19-10-18-16)22-8-4-3-5-14(22)21-15/h6-7,9-10H,3-5,8H2,1-2H3,(H,18,19,20). The monoisotopic (exact) mass is 325 g/mol. The van der Waals surface area contributed by atoms with Crippen molar-refractivity contribution in [3.05, 3.63) is 30.4 Å². The third kappa shape index (κ3) is 2.42. The van der Waals surface area contributed by atoms with Crippen molar-refractivity contribution >= 4 is 22.7 Å². The molecule has 24 heavy (non-hydrogen) atoms. The van der Waals surface area contributed by atoms with Crippen molar-refractivity contribution < 1.29 is 9.47 Å². The molecule has 2 aromatic heterocycles. The van der Waals surface area contributed by atoms with Gasteiger partial charge in [0, 0.05) is 24.7 Å². The zero-order valence-corrected chi connectivity index (χ0v) is 13.7. The highest BCUT2D eigenvalue weighted by molar-refractivity contribution is 5.85. The van der Waals surface area contributed by atoms with E-state index in [2.05, 4.69) is 19.9 Å². The Bertz CT molecular complexity index is 890. The molecule has 0 aliphatic carbocycles. The van der Waals surface area contributed by atoms with E-state index in [4.69, 9.17) is 14.5 Å². The number of ether oxygens (including phenoxy) is 2. The summed E-state index contributed by atoms with van der Waals surface area (Å²) < 4.78 is 12.8. The van der Waals surface area contributed by atoms with E-state index in [0.29, 0.717) is 17.3 Å². The Morgan fingerprint density at radius 2 is 1.96 bits per heavy atom. The number of aromatic nitrogens is 4. The predicted octanol–water partition coefficient (Wildman–Crippen LogP) is 2.92. The van der Waals surface area contributed by atoms with E-state index >= 15 is 0 Å². The van der Waals surface area contributed by atoms with E-state index in [1.165, 1.54) is 12.8 Å². The van der Waals surface area contributed by atoms with Gasteiger partial charge in [0.05, 0.1) is 14.2 Å². The van der Waals surface area contributed by atoms with Crippen LogP contribution in [0.25, 0.3) is 11.2 Å². The Kier molecular flexibility index (Phi) is 3.68. The Hall–Kier alpha value is -2.83. The molecule has 1 aliphatic rings. The fourth-order valence-corrected chi connectivity index (χ4v) is 3.10. The number of nitrogens with zero attached hydrogens (tertiary/aromatic N) is 4. The second-order valence-corrected chi connectivity index (χ2v) is 5.73. The number of imidazole rings is 1. The molecule has 1 N–H and O–H groups in total. The molecule has 124 valence electrons. The minimum absolute atomic E-state index is 0.664. The largest absolute Gasteiger partial charge is 0.493 e. The number of benzene rings is 1. The molecule has 7 heteroatoms. The smallest absolute Gasteiger partial charge is 0.165 e. The summed E-state index contributed by atoms with van der Waals surface area (Å²) in [5.74, 6) is 3.14. The SMILES string of the molecule is COc1ccc(Nc2ncnc3c2nc2n3CCCC2)cc1OC. The molecule has 0 saturated heterocycles. The van der Waals surface area contributed by atoms with Crippen LogP contribution < -0.4 is 14.8 Å². The molecule has 3 heterocycles. The van der Waals surface area contributed by atoms with Gasteiger partial charge in [-0.3, -0.25) is 0 Å². The van der Waals surface area contributed by atoms with Crippen LogP contribution in [-0.4, -0.2) is 33.7 Å². The van der Waals surface area contributed by atoms with Crippen molar-refractivity contribution in [1.82, 2.24) is 19.5 Å². The van der Waals surface area contributed by atoms with Gasteiger partial charge in [-0.25, -0.2) is 15.0 Å². The van der Waals surface area contributed by atoms with Gasteiger partial charge < -0.3 is 19.4 Å². The van der Waals surface area contributed by atoms with E-state index in [9.17, 15) is 0 Å². The topological polar surface area (TPSA) is 74.1 Å². The lowest BCUT2D eigenvalue weighted by atomic mass is 10.2. The first-order valence-corrected chi connectivity index (χ1v) is 7.99. The van der Waals surface area contributed by atoms with E-state index in [1.54, 1.807) is 20.5 Å². The Balaban J connectivity index is 1.73. The average Bonchev–Trinajstić information content (AvgIpc) is 3.01. The average molecular weight is 325 g/mol. The molecule has 1 aliphatic heterocycles. The number of methoxy groups -OCH3 is 2. The highest BCUT2D eigenvalue weighted by Crippen LogP contribution is 2.32. The number of fused-ring (bicyclic) bond motifs is 3.